The predicted octanol–water partition coefficient (Wildman–Crippen LogP) is 1.63. The number of aromatic nitrogens is 1. The summed E-state index contributed by atoms with van der Waals surface area (Å²) in [7, 11) is 0. The number of nitrogens with zero attached hydrogens (tertiary/aromatic N) is 1. The number of aliphatic hydroxyl groups excluding tert-OH is 1. The molecule has 106 valence electrons. The largest absolute Gasteiger partial charge is 0.396 e. The number of aliphatic hydroxyl groups is 1. The lowest BCUT2D eigenvalue weighted by molar-refractivity contribution is -0.144. The van der Waals surface area contributed by atoms with Gasteiger partial charge < -0.3 is 14.4 Å². The second kappa shape index (κ2) is 4.72. The highest BCUT2D eigenvalue weighted by Crippen LogP contribution is 2.30. The van der Waals surface area contributed by atoms with Crippen LogP contribution in [0.15, 0.2) is 29.1 Å². The van der Waals surface area contributed by atoms with Gasteiger partial charge in [0.2, 0.25) is 0 Å². The van der Waals surface area contributed by atoms with Crippen molar-refractivity contribution in [3.8, 4) is 0 Å². The van der Waals surface area contributed by atoms with Crippen molar-refractivity contribution >= 4 is 10.9 Å². The summed E-state index contributed by atoms with van der Waals surface area (Å²) < 4.78 is 7.02. The number of fused-ring (bicyclic) bond motifs is 1. The maximum absolute atomic E-state index is 12.4. The Bertz CT molecular complexity index is 708. The zero-order valence-corrected chi connectivity index (χ0v) is 11.8. The lowest BCUT2D eigenvalue weighted by Crippen LogP contribution is -2.50. The minimum absolute atomic E-state index is 0.0102. The Kier molecular flexibility index (Phi) is 3.15. The summed E-state index contributed by atoms with van der Waals surface area (Å²) in [6.07, 6.45) is 0. The molecule has 1 fully saturated rings. The monoisotopic (exact) mass is 273 g/mol. The molecule has 0 aliphatic carbocycles. The number of hydrogen-bond donors (Lipinski definition) is 1. The van der Waals surface area contributed by atoms with Crippen LogP contribution in [0.5, 0.6) is 0 Å². The van der Waals surface area contributed by atoms with E-state index in [1.165, 1.54) is 0 Å². The third kappa shape index (κ3) is 1.96. The average Bonchev–Trinajstić information content (AvgIpc) is 2.38. The summed E-state index contributed by atoms with van der Waals surface area (Å²) in [6, 6.07) is 7.73. The first kappa shape index (κ1) is 13.3. The Morgan fingerprint density at radius 2 is 2.05 bits per heavy atom. The molecule has 1 N–H and O–H groups in total. The quantitative estimate of drug-likeness (QED) is 0.924. The van der Waals surface area contributed by atoms with Crippen LogP contribution in [-0.2, 0) is 11.3 Å². The van der Waals surface area contributed by atoms with Gasteiger partial charge in [-0.25, -0.2) is 0 Å². The van der Waals surface area contributed by atoms with Crippen LogP contribution >= 0.6 is 0 Å². The molecule has 4 nitrogen and oxygen atoms in total. The van der Waals surface area contributed by atoms with Gasteiger partial charge in [-0.3, -0.25) is 4.79 Å². The summed E-state index contributed by atoms with van der Waals surface area (Å²) in [4.78, 5) is 12.4. The molecular formula is C16H19NO3. The van der Waals surface area contributed by atoms with Crippen molar-refractivity contribution in [3.05, 3.63) is 45.7 Å². The fraction of sp³-hybridized carbons (Fsp3) is 0.438. The summed E-state index contributed by atoms with van der Waals surface area (Å²) in [5.74, 6) is 0. The summed E-state index contributed by atoms with van der Waals surface area (Å²) in [5, 5.41) is 10.7. The molecule has 2 heterocycles. The molecule has 2 aromatic rings. The van der Waals surface area contributed by atoms with Crippen molar-refractivity contribution in [3.63, 3.8) is 0 Å². The Hall–Kier alpha value is -1.65. The van der Waals surface area contributed by atoms with Crippen LogP contribution in [-0.4, -0.2) is 29.5 Å². The Labute approximate surface area is 117 Å². The number of benzene rings is 1. The first-order valence-corrected chi connectivity index (χ1v) is 6.85. The zero-order valence-electron chi connectivity index (χ0n) is 11.8. The van der Waals surface area contributed by atoms with Crippen LogP contribution in [0, 0.1) is 19.3 Å². The second-order valence-corrected chi connectivity index (χ2v) is 5.87. The third-order valence-corrected chi connectivity index (χ3v) is 4.18. The Balaban J connectivity index is 2.22. The van der Waals surface area contributed by atoms with Crippen LogP contribution in [0.2, 0.25) is 0 Å². The van der Waals surface area contributed by atoms with Crippen LogP contribution in [0.3, 0.4) is 0 Å². The number of hydrogen-bond acceptors (Lipinski definition) is 3. The highest BCUT2D eigenvalue weighted by Gasteiger charge is 2.39. The topological polar surface area (TPSA) is 51.5 Å². The van der Waals surface area contributed by atoms with Crippen molar-refractivity contribution < 1.29 is 9.84 Å². The van der Waals surface area contributed by atoms with Crippen molar-refractivity contribution in [1.29, 1.82) is 0 Å². The van der Waals surface area contributed by atoms with E-state index in [1.807, 2.05) is 32.0 Å². The lowest BCUT2D eigenvalue weighted by Gasteiger charge is -2.40. The van der Waals surface area contributed by atoms with Gasteiger partial charge in [-0.1, -0.05) is 18.2 Å². The molecule has 20 heavy (non-hydrogen) atoms. The van der Waals surface area contributed by atoms with Crippen molar-refractivity contribution in [2.75, 3.05) is 19.8 Å². The van der Waals surface area contributed by atoms with Gasteiger partial charge in [-0.05, 0) is 25.0 Å². The maximum Gasteiger partial charge on any atom is 0.251 e. The van der Waals surface area contributed by atoms with Crippen molar-refractivity contribution in [2.45, 2.75) is 20.4 Å². The molecule has 1 aliphatic rings. The fourth-order valence-corrected chi connectivity index (χ4v) is 2.90. The van der Waals surface area contributed by atoms with Gasteiger partial charge >= 0.3 is 0 Å². The molecule has 0 bridgehead atoms. The number of pyridine rings is 1. The molecule has 0 unspecified atom stereocenters. The van der Waals surface area contributed by atoms with Crippen molar-refractivity contribution in [1.82, 2.24) is 4.57 Å². The van der Waals surface area contributed by atoms with Crippen LogP contribution in [0.1, 0.15) is 11.1 Å². The average molecular weight is 273 g/mol. The molecule has 1 aliphatic heterocycles. The minimum Gasteiger partial charge on any atom is -0.396 e. The Morgan fingerprint density at radius 1 is 1.30 bits per heavy atom. The second-order valence-electron chi connectivity index (χ2n) is 5.87. The van der Waals surface area contributed by atoms with E-state index in [1.54, 1.807) is 10.6 Å². The molecule has 1 saturated heterocycles. The van der Waals surface area contributed by atoms with E-state index in [0.29, 0.717) is 19.8 Å². The fourth-order valence-electron chi connectivity index (χ4n) is 2.90. The van der Waals surface area contributed by atoms with E-state index >= 15 is 0 Å². The highest BCUT2D eigenvalue weighted by atomic mass is 16.5. The Morgan fingerprint density at radius 3 is 2.65 bits per heavy atom. The molecular weight excluding hydrogens is 254 g/mol. The van der Waals surface area contributed by atoms with Gasteiger partial charge in [0.15, 0.2) is 0 Å². The van der Waals surface area contributed by atoms with Gasteiger partial charge in [0, 0.05) is 18.0 Å². The molecule has 0 atom stereocenters. The number of aryl methyl sites for hydroxylation is 2. The van der Waals surface area contributed by atoms with E-state index < -0.39 is 0 Å². The van der Waals surface area contributed by atoms with Gasteiger partial charge in [0.05, 0.1) is 30.8 Å². The maximum atomic E-state index is 12.4. The predicted molar refractivity (Wildman–Crippen MR) is 78.0 cm³/mol. The minimum atomic E-state index is -0.311. The number of para-hydroxylation sites is 1. The normalized spacial score (nSPS) is 17.1. The van der Waals surface area contributed by atoms with E-state index in [9.17, 15) is 9.90 Å². The molecule has 1 aromatic heterocycles. The molecule has 0 saturated carbocycles. The third-order valence-electron chi connectivity index (χ3n) is 4.18. The van der Waals surface area contributed by atoms with E-state index in [2.05, 4.69) is 0 Å². The molecule has 4 heteroatoms. The van der Waals surface area contributed by atoms with E-state index in [0.717, 1.165) is 22.0 Å². The molecule has 0 amide bonds. The molecule has 1 aromatic carbocycles. The first-order valence-electron chi connectivity index (χ1n) is 6.85. The molecule has 0 spiro atoms. The zero-order chi connectivity index (χ0) is 14.3. The number of rotatable bonds is 3. The van der Waals surface area contributed by atoms with Crippen molar-refractivity contribution in [2.24, 2.45) is 5.41 Å². The molecule has 3 rings (SSSR count). The number of ether oxygens (including phenoxy) is 1. The van der Waals surface area contributed by atoms with Crippen LogP contribution in [0.25, 0.3) is 10.9 Å². The van der Waals surface area contributed by atoms with E-state index in [-0.39, 0.29) is 17.6 Å². The summed E-state index contributed by atoms with van der Waals surface area (Å²) in [6.45, 7) is 5.54. The lowest BCUT2D eigenvalue weighted by atomic mass is 9.86. The summed E-state index contributed by atoms with van der Waals surface area (Å²) >= 11 is 0. The van der Waals surface area contributed by atoms with Crippen LogP contribution in [0.4, 0.5) is 0 Å². The first-order chi connectivity index (χ1) is 9.56. The summed E-state index contributed by atoms with van der Waals surface area (Å²) in [5.41, 5.74) is 2.72. The van der Waals surface area contributed by atoms with Gasteiger partial charge in [-0.15, -0.1) is 0 Å². The van der Waals surface area contributed by atoms with Crippen LogP contribution < -0.4 is 5.56 Å². The standard InChI is InChI=1S/C16H19NO3/c1-11-4-3-5-13-12(2)6-14(19)17(15(11)13)7-16(8-18)9-20-10-16/h3-6,18H,7-10H2,1-2H3. The SMILES string of the molecule is Cc1cc(=O)n(CC2(CO)COC2)c2c(C)cccc12. The molecule has 0 radical (unpaired) electrons. The van der Waals surface area contributed by atoms with Gasteiger partial charge in [-0.2, -0.15) is 0 Å². The highest BCUT2D eigenvalue weighted by molar-refractivity contribution is 5.85. The smallest absolute Gasteiger partial charge is 0.251 e. The van der Waals surface area contributed by atoms with E-state index in [4.69, 9.17) is 4.74 Å². The van der Waals surface area contributed by atoms with Gasteiger partial charge in [0.25, 0.3) is 5.56 Å². The van der Waals surface area contributed by atoms with Gasteiger partial charge in [0.1, 0.15) is 0 Å².